The van der Waals surface area contributed by atoms with Crippen molar-refractivity contribution in [2.45, 2.75) is 13.5 Å². The van der Waals surface area contributed by atoms with Crippen LogP contribution in [0.2, 0.25) is 0 Å². The van der Waals surface area contributed by atoms with Gasteiger partial charge < -0.3 is 10.3 Å². The number of nitrogens with two attached hydrogens (primary N) is 1. The van der Waals surface area contributed by atoms with Gasteiger partial charge in [0.25, 0.3) is 0 Å². The first-order chi connectivity index (χ1) is 6.72. The van der Waals surface area contributed by atoms with Gasteiger partial charge in [-0.25, -0.2) is 4.98 Å². The molecule has 0 saturated carbocycles. The second-order valence-electron chi connectivity index (χ2n) is 3.14. The molecule has 0 saturated heterocycles. The smallest absolute Gasteiger partial charge is 0.122 e. The van der Waals surface area contributed by atoms with Crippen LogP contribution in [0.3, 0.4) is 0 Å². The largest absolute Gasteiger partial charge is 0.384 e. The van der Waals surface area contributed by atoms with Gasteiger partial charge in [-0.1, -0.05) is 0 Å². The minimum absolute atomic E-state index is 0.656. The highest BCUT2D eigenvalue weighted by molar-refractivity contribution is 5.57. The average Bonchev–Trinajstić information content (AvgIpc) is 2.73. The number of nitrogen functional groups attached to an aromatic ring is 1. The van der Waals surface area contributed by atoms with Crippen molar-refractivity contribution in [2.24, 2.45) is 7.05 Å². The van der Waals surface area contributed by atoms with E-state index in [2.05, 4.69) is 17.0 Å². The van der Waals surface area contributed by atoms with Crippen molar-refractivity contribution in [1.29, 1.82) is 0 Å². The van der Waals surface area contributed by atoms with E-state index in [9.17, 15) is 0 Å². The highest BCUT2D eigenvalue weighted by Gasteiger charge is 2.08. The predicted molar refractivity (Wildman–Crippen MR) is 54.5 cm³/mol. The van der Waals surface area contributed by atoms with Crippen molar-refractivity contribution in [3.8, 4) is 11.4 Å². The van der Waals surface area contributed by atoms with E-state index in [1.165, 1.54) is 0 Å². The Kier molecular flexibility index (Phi) is 1.99. The first-order valence-corrected chi connectivity index (χ1v) is 4.52. The number of rotatable bonds is 2. The van der Waals surface area contributed by atoms with Crippen molar-refractivity contribution < 1.29 is 0 Å². The molecule has 14 heavy (non-hydrogen) atoms. The monoisotopic (exact) mass is 191 g/mol. The van der Waals surface area contributed by atoms with E-state index in [0.29, 0.717) is 5.82 Å². The Morgan fingerprint density at radius 1 is 1.50 bits per heavy atom. The third-order valence-electron chi connectivity index (χ3n) is 2.23. The van der Waals surface area contributed by atoms with Crippen LogP contribution >= 0.6 is 0 Å². The average molecular weight is 191 g/mol. The topological polar surface area (TPSA) is 61.7 Å². The molecule has 0 atom stereocenters. The highest BCUT2D eigenvalue weighted by atomic mass is 15.3. The molecule has 0 spiro atoms. The molecule has 0 aliphatic rings. The van der Waals surface area contributed by atoms with Gasteiger partial charge in [0.05, 0.1) is 18.2 Å². The Morgan fingerprint density at radius 3 is 2.86 bits per heavy atom. The summed E-state index contributed by atoms with van der Waals surface area (Å²) in [6.07, 6.45) is 3.59. The molecule has 0 aromatic carbocycles. The fourth-order valence-electron chi connectivity index (χ4n) is 1.39. The fraction of sp³-hybridized carbons (Fsp3) is 0.333. The molecule has 0 aliphatic heterocycles. The second-order valence-corrected chi connectivity index (χ2v) is 3.14. The minimum atomic E-state index is 0.656. The molecule has 0 bridgehead atoms. The van der Waals surface area contributed by atoms with E-state index < -0.39 is 0 Å². The predicted octanol–water partition coefficient (Wildman–Crippen LogP) is 0.886. The van der Waals surface area contributed by atoms with E-state index in [4.69, 9.17) is 5.73 Å². The summed E-state index contributed by atoms with van der Waals surface area (Å²) in [5, 5.41) is 4.29. The van der Waals surface area contributed by atoms with Gasteiger partial charge in [-0.2, -0.15) is 5.10 Å². The van der Waals surface area contributed by atoms with Crippen LogP contribution in [-0.4, -0.2) is 19.3 Å². The van der Waals surface area contributed by atoms with Gasteiger partial charge in [-0.15, -0.1) is 0 Å². The summed E-state index contributed by atoms with van der Waals surface area (Å²) in [5.74, 6) is 0.656. The van der Waals surface area contributed by atoms with E-state index in [0.717, 1.165) is 17.9 Å². The number of aromatic nitrogens is 4. The van der Waals surface area contributed by atoms with Crippen LogP contribution in [-0.2, 0) is 13.6 Å². The lowest BCUT2D eigenvalue weighted by Gasteiger charge is -2.00. The zero-order chi connectivity index (χ0) is 10.1. The van der Waals surface area contributed by atoms with Gasteiger partial charge in [-0.05, 0) is 6.92 Å². The van der Waals surface area contributed by atoms with Gasteiger partial charge in [0, 0.05) is 19.7 Å². The van der Waals surface area contributed by atoms with Crippen LogP contribution in [0.25, 0.3) is 11.4 Å². The highest BCUT2D eigenvalue weighted by Crippen LogP contribution is 2.19. The lowest BCUT2D eigenvalue weighted by molar-refractivity contribution is 0.751. The number of nitrogens with zero attached hydrogens (tertiary/aromatic N) is 4. The van der Waals surface area contributed by atoms with Gasteiger partial charge in [0.1, 0.15) is 11.5 Å². The standard InChI is InChI=1S/C9H13N5/c1-3-14-6-11-5-8(14)7-4-9(10)13(2)12-7/h4-6H,3,10H2,1-2H3. The number of hydrogen-bond acceptors (Lipinski definition) is 3. The zero-order valence-corrected chi connectivity index (χ0v) is 8.31. The summed E-state index contributed by atoms with van der Waals surface area (Å²) >= 11 is 0. The maximum Gasteiger partial charge on any atom is 0.122 e. The summed E-state index contributed by atoms with van der Waals surface area (Å²) in [5.41, 5.74) is 7.57. The number of hydrogen-bond donors (Lipinski definition) is 1. The van der Waals surface area contributed by atoms with Crippen LogP contribution in [0.15, 0.2) is 18.6 Å². The molecule has 2 rings (SSSR count). The van der Waals surface area contributed by atoms with Crippen molar-refractivity contribution in [3.05, 3.63) is 18.6 Å². The Morgan fingerprint density at radius 2 is 2.29 bits per heavy atom. The van der Waals surface area contributed by atoms with Gasteiger partial charge in [-0.3, -0.25) is 4.68 Å². The third kappa shape index (κ3) is 1.26. The Hall–Kier alpha value is -1.78. The van der Waals surface area contributed by atoms with Gasteiger partial charge in [0.2, 0.25) is 0 Å². The molecule has 2 N–H and O–H groups in total. The van der Waals surface area contributed by atoms with E-state index in [1.807, 2.05) is 17.7 Å². The number of aryl methyl sites for hydroxylation is 2. The molecule has 5 nitrogen and oxygen atoms in total. The normalized spacial score (nSPS) is 10.7. The van der Waals surface area contributed by atoms with Crippen LogP contribution in [0, 0.1) is 0 Å². The molecule has 0 radical (unpaired) electrons. The van der Waals surface area contributed by atoms with Crippen molar-refractivity contribution in [3.63, 3.8) is 0 Å². The van der Waals surface area contributed by atoms with E-state index in [-0.39, 0.29) is 0 Å². The Labute approximate surface area is 82.2 Å². The molecule has 0 unspecified atom stereocenters. The summed E-state index contributed by atoms with van der Waals surface area (Å²) in [7, 11) is 1.82. The molecular weight excluding hydrogens is 178 g/mol. The second kappa shape index (κ2) is 3.17. The van der Waals surface area contributed by atoms with Gasteiger partial charge >= 0.3 is 0 Å². The summed E-state index contributed by atoms with van der Waals surface area (Å²) < 4.78 is 3.68. The summed E-state index contributed by atoms with van der Waals surface area (Å²) in [6, 6.07) is 1.85. The lowest BCUT2D eigenvalue weighted by atomic mass is 10.3. The summed E-state index contributed by atoms with van der Waals surface area (Å²) in [6.45, 7) is 2.95. The molecule has 2 heterocycles. The van der Waals surface area contributed by atoms with E-state index in [1.54, 1.807) is 17.2 Å². The lowest BCUT2D eigenvalue weighted by Crippen LogP contribution is -1.98. The summed E-state index contributed by atoms with van der Waals surface area (Å²) in [4.78, 5) is 4.08. The Balaban J connectivity index is 2.49. The quantitative estimate of drug-likeness (QED) is 0.766. The number of imidazole rings is 1. The molecule has 5 heteroatoms. The molecule has 74 valence electrons. The molecule has 2 aromatic heterocycles. The van der Waals surface area contributed by atoms with Crippen LogP contribution in [0.5, 0.6) is 0 Å². The molecular formula is C9H13N5. The SMILES string of the molecule is CCn1cncc1-c1cc(N)n(C)n1. The maximum absolute atomic E-state index is 5.71. The van der Waals surface area contributed by atoms with Gasteiger partial charge in [0.15, 0.2) is 0 Å². The fourth-order valence-corrected chi connectivity index (χ4v) is 1.39. The molecule has 2 aromatic rings. The van der Waals surface area contributed by atoms with Crippen LogP contribution in [0.1, 0.15) is 6.92 Å². The van der Waals surface area contributed by atoms with E-state index >= 15 is 0 Å². The molecule has 0 aliphatic carbocycles. The maximum atomic E-state index is 5.71. The first-order valence-electron chi connectivity index (χ1n) is 4.52. The zero-order valence-electron chi connectivity index (χ0n) is 8.31. The van der Waals surface area contributed by atoms with Crippen molar-refractivity contribution in [2.75, 3.05) is 5.73 Å². The third-order valence-corrected chi connectivity index (χ3v) is 2.23. The molecule has 0 amide bonds. The first kappa shape index (κ1) is 8.80. The Bertz CT molecular complexity index is 420. The van der Waals surface area contributed by atoms with Crippen LogP contribution in [0.4, 0.5) is 5.82 Å². The minimum Gasteiger partial charge on any atom is -0.384 e. The van der Waals surface area contributed by atoms with Crippen molar-refractivity contribution in [1.82, 2.24) is 19.3 Å². The van der Waals surface area contributed by atoms with Crippen molar-refractivity contribution >= 4 is 5.82 Å². The molecule has 0 fully saturated rings. The number of anilines is 1. The van der Waals surface area contributed by atoms with Crippen LogP contribution < -0.4 is 5.73 Å².